The van der Waals surface area contributed by atoms with Gasteiger partial charge in [0.05, 0.1) is 40.9 Å². The molecule has 0 aliphatic carbocycles. The Hall–Kier alpha value is -3.36. The number of hydrogen-bond donors (Lipinski definition) is 2. The minimum atomic E-state index is -4.41. The van der Waals surface area contributed by atoms with Gasteiger partial charge >= 0.3 is 6.18 Å². The van der Waals surface area contributed by atoms with Crippen molar-refractivity contribution in [3.8, 4) is 5.75 Å². The van der Waals surface area contributed by atoms with Crippen LogP contribution in [0, 0.1) is 5.92 Å². The van der Waals surface area contributed by atoms with E-state index in [2.05, 4.69) is 4.72 Å². The number of benzene rings is 3. The molecule has 1 heterocycles. The molecule has 0 bridgehead atoms. The van der Waals surface area contributed by atoms with Crippen LogP contribution in [0.1, 0.15) is 61.5 Å². The number of halogens is 4. The molecule has 4 atom stereocenters. The summed E-state index contributed by atoms with van der Waals surface area (Å²) in [6, 6.07) is 14.7. The third kappa shape index (κ3) is 10.8. The van der Waals surface area contributed by atoms with Crippen LogP contribution in [0.3, 0.4) is 0 Å². The van der Waals surface area contributed by atoms with Crippen molar-refractivity contribution in [2.24, 2.45) is 5.92 Å². The molecule has 274 valence electrons. The van der Waals surface area contributed by atoms with Crippen LogP contribution in [-0.2, 0) is 27.5 Å². The number of aliphatic hydroxyl groups is 1. The maximum absolute atomic E-state index is 14.4. The topological polar surface area (TPSA) is 108 Å². The highest BCUT2D eigenvalue weighted by Gasteiger charge is 2.32. The summed E-state index contributed by atoms with van der Waals surface area (Å²) in [6.45, 7) is 6.71. The molecule has 0 spiro atoms. The first-order chi connectivity index (χ1) is 23.6. The Morgan fingerprint density at radius 1 is 1.06 bits per heavy atom. The van der Waals surface area contributed by atoms with Crippen molar-refractivity contribution in [3.05, 3.63) is 88.4 Å². The number of likely N-dealkylation sites (N-methyl/N-ethyl adjacent to an activating group) is 1. The second-order valence-corrected chi connectivity index (χ2v) is 15.1. The van der Waals surface area contributed by atoms with Crippen LogP contribution >= 0.6 is 11.6 Å². The van der Waals surface area contributed by atoms with E-state index in [0.29, 0.717) is 42.5 Å². The summed E-state index contributed by atoms with van der Waals surface area (Å²) in [6.07, 6.45) is -2.82. The number of nitrogens with one attached hydrogen (secondary N) is 1. The molecule has 1 aliphatic rings. The van der Waals surface area contributed by atoms with Crippen molar-refractivity contribution in [1.29, 1.82) is 0 Å². The number of carbonyl (C=O) groups is 1. The van der Waals surface area contributed by atoms with E-state index in [4.69, 9.17) is 21.1 Å². The van der Waals surface area contributed by atoms with E-state index in [1.165, 1.54) is 53.4 Å². The van der Waals surface area contributed by atoms with Gasteiger partial charge in [-0.15, -0.1) is 0 Å². The SMILES string of the molecule is C[C@@H]1CCCCO[C@H](CN(C)Cc2ccc(C(F)(F)F)cc2)[C@@H](C)CN([C@@H](C)CO)C(=O)c2cc(NS(=O)(=O)c3ccc(Cl)cc3)ccc2O1. The Labute approximate surface area is 297 Å². The van der Waals surface area contributed by atoms with Gasteiger partial charge in [0.2, 0.25) is 0 Å². The van der Waals surface area contributed by atoms with Gasteiger partial charge in [-0.05, 0) is 100 Å². The predicted molar refractivity (Wildman–Crippen MR) is 187 cm³/mol. The molecular formula is C36H45ClF3N3O6S. The first kappa shape index (κ1) is 39.4. The molecule has 1 amide bonds. The summed E-state index contributed by atoms with van der Waals surface area (Å²) >= 11 is 5.94. The molecule has 50 heavy (non-hydrogen) atoms. The number of ether oxygens (including phenoxy) is 2. The third-order valence-corrected chi connectivity index (χ3v) is 10.3. The molecule has 0 saturated carbocycles. The molecule has 0 unspecified atom stereocenters. The smallest absolute Gasteiger partial charge is 0.416 e. The molecule has 9 nitrogen and oxygen atoms in total. The quantitative estimate of drug-likeness (QED) is 0.241. The predicted octanol–water partition coefficient (Wildman–Crippen LogP) is 7.09. The molecule has 3 aromatic carbocycles. The van der Waals surface area contributed by atoms with E-state index in [1.54, 1.807) is 13.0 Å². The van der Waals surface area contributed by atoms with Crippen molar-refractivity contribution >= 4 is 33.2 Å². The van der Waals surface area contributed by atoms with Crippen LogP contribution in [0.15, 0.2) is 71.6 Å². The van der Waals surface area contributed by atoms with Crippen molar-refractivity contribution in [3.63, 3.8) is 0 Å². The number of aliphatic hydroxyl groups excluding tert-OH is 1. The van der Waals surface area contributed by atoms with E-state index < -0.39 is 33.7 Å². The fourth-order valence-electron chi connectivity index (χ4n) is 5.76. The maximum atomic E-state index is 14.4. The maximum Gasteiger partial charge on any atom is 0.416 e. The van der Waals surface area contributed by atoms with E-state index >= 15 is 0 Å². The first-order valence-corrected chi connectivity index (χ1v) is 18.4. The average molecular weight is 740 g/mol. The highest BCUT2D eigenvalue weighted by Crippen LogP contribution is 2.31. The van der Waals surface area contributed by atoms with Crippen LogP contribution < -0.4 is 9.46 Å². The lowest BCUT2D eigenvalue weighted by Gasteiger charge is -2.36. The lowest BCUT2D eigenvalue weighted by atomic mass is 10.0. The minimum Gasteiger partial charge on any atom is -0.490 e. The number of nitrogens with zero attached hydrogens (tertiary/aromatic N) is 2. The summed E-state index contributed by atoms with van der Waals surface area (Å²) in [7, 11) is -2.15. The van der Waals surface area contributed by atoms with Gasteiger partial charge in [-0.1, -0.05) is 30.7 Å². The second-order valence-electron chi connectivity index (χ2n) is 13.0. The van der Waals surface area contributed by atoms with Crippen molar-refractivity contribution in [1.82, 2.24) is 9.80 Å². The highest BCUT2D eigenvalue weighted by atomic mass is 35.5. The molecule has 2 N–H and O–H groups in total. The Kier molecular flexibility index (Phi) is 13.6. The number of sulfonamides is 1. The molecule has 0 aromatic heterocycles. The fourth-order valence-corrected chi connectivity index (χ4v) is 6.93. The summed E-state index contributed by atoms with van der Waals surface area (Å²) in [5, 5.41) is 10.6. The number of hydrogen-bond acceptors (Lipinski definition) is 7. The van der Waals surface area contributed by atoms with Crippen LogP contribution in [0.25, 0.3) is 0 Å². The molecule has 0 saturated heterocycles. The molecule has 0 fully saturated rings. The van der Waals surface area contributed by atoms with Gasteiger partial charge in [-0.25, -0.2) is 8.42 Å². The van der Waals surface area contributed by atoms with Gasteiger partial charge in [0.1, 0.15) is 5.75 Å². The third-order valence-electron chi connectivity index (χ3n) is 8.65. The van der Waals surface area contributed by atoms with Crippen molar-refractivity contribution in [2.45, 2.75) is 75.9 Å². The monoisotopic (exact) mass is 739 g/mol. The van der Waals surface area contributed by atoms with Gasteiger partial charge in [-0.2, -0.15) is 13.2 Å². The number of anilines is 1. The van der Waals surface area contributed by atoms with E-state index in [0.717, 1.165) is 25.0 Å². The molecule has 4 rings (SSSR count). The van der Waals surface area contributed by atoms with Gasteiger partial charge in [-0.3, -0.25) is 14.4 Å². The van der Waals surface area contributed by atoms with Crippen LogP contribution in [-0.4, -0.2) is 80.8 Å². The molecule has 14 heteroatoms. The number of amides is 1. The number of alkyl halides is 3. The Balaban J connectivity index is 1.61. The number of carbonyl (C=O) groups excluding carboxylic acids is 1. The van der Waals surface area contributed by atoms with E-state index in [-0.39, 0.29) is 47.4 Å². The van der Waals surface area contributed by atoms with Crippen LogP contribution in [0.5, 0.6) is 5.75 Å². The number of rotatable bonds is 9. The van der Waals surface area contributed by atoms with Crippen LogP contribution in [0.2, 0.25) is 5.02 Å². The molecule has 0 radical (unpaired) electrons. The molecule has 1 aliphatic heterocycles. The van der Waals surface area contributed by atoms with E-state index in [9.17, 15) is 31.5 Å². The van der Waals surface area contributed by atoms with Gasteiger partial charge in [0, 0.05) is 42.9 Å². The normalized spacial score (nSPS) is 20.5. The first-order valence-electron chi connectivity index (χ1n) is 16.5. The zero-order chi connectivity index (χ0) is 36.6. The summed E-state index contributed by atoms with van der Waals surface area (Å²) < 4.78 is 80.7. The Bertz CT molecular complexity index is 1680. The van der Waals surface area contributed by atoms with Crippen molar-refractivity contribution < 1.29 is 41.0 Å². The Morgan fingerprint density at radius 2 is 1.74 bits per heavy atom. The standard InChI is InChI=1S/C36H45ClF3N3O6S/c1-24-20-43(25(2)23-44)35(45)32-19-30(41-50(46,47)31-15-12-29(37)13-16-31)14-17-33(32)49-26(3)7-5-6-18-48-34(24)22-42(4)21-27-8-10-28(11-9-27)36(38,39)40/h8-17,19,24-26,34,41,44H,5-7,18,20-23H2,1-4H3/t24-,25-,26+,34+/m0/s1. The fraction of sp³-hybridized carbons (Fsp3) is 0.472. The summed E-state index contributed by atoms with van der Waals surface area (Å²) in [5.74, 6) is -0.399. The van der Waals surface area contributed by atoms with E-state index in [1.807, 2.05) is 25.8 Å². The Morgan fingerprint density at radius 3 is 2.38 bits per heavy atom. The second kappa shape index (κ2) is 17.2. The minimum absolute atomic E-state index is 0.00290. The lowest BCUT2D eigenvalue weighted by molar-refractivity contribution is -0.137. The van der Waals surface area contributed by atoms with Gasteiger partial charge in [0.15, 0.2) is 0 Å². The largest absolute Gasteiger partial charge is 0.490 e. The van der Waals surface area contributed by atoms with Gasteiger partial charge in [0.25, 0.3) is 15.9 Å². The summed E-state index contributed by atoms with van der Waals surface area (Å²) in [4.78, 5) is 17.9. The highest BCUT2D eigenvalue weighted by molar-refractivity contribution is 7.92. The molecule has 3 aromatic rings. The zero-order valence-corrected chi connectivity index (χ0v) is 30.2. The number of fused-ring (bicyclic) bond motifs is 1. The zero-order valence-electron chi connectivity index (χ0n) is 28.6. The van der Waals surface area contributed by atoms with Crippen LogP contribution in [0.4, 0.5) is 18.9 Å². The van der Waals surface area contributed by atoms with Crippen molar-refractivity contribution in [2.75, 3.05) is 38.1 Å². The van der Waals surface area contributed by atoms with Gasteiger partial charge < -0.3 is 19.5 Å². The summed E-state index contributed by atoms with van der Waals surface area (Å²) in [5.41, 5.74) is 0.296. The molecular weight excluding hydrogens is 695 g/mol. The average Bonchev–Trinajstić information content (AvgIpc) is 3.06. The lowest BCUT2D eigenvalue weighted by Crippen LogP contribution is -2.47.